The highest BCUT2D eigenvalue weighted by molar-refractivity contribution is 9.10. The van der Waals surface area contributed by atoms with Crippen molar-refractivity contribution in [1.29, 1.82) is 0 Å². The van der Waals surface area contributed by atoms with Gasteiger partial charge in [0.15, 0.2) is 5.75 Å². The van der Waals surface area contributed by atoms with Gasteiger partial charge in [0.1, 0.15) is 0 Å². The Hall–Kier alpha value is -1.62. The molecule has 0 fully saturated rings. The van der Waals surface area contributed by atoms with Gasteiger partial charge in [-0.25, -0.2) is 9.97 Å². The van der Waals surface area contributed by atoms with Gasteiger partial charge in [-0.1, -0.05) is 15.9 Å². The number of nitrogen functional groups attached to an aromatic ring is 1. The molecule has 1 heterocycles. The second kappa shape index (κ2) is 4.71. The first kappa shape index (κ1) is 11.9. The molecule has 2 N–H and O–H groups in total. The highest BCUT2D eigenvalue weighted by Crippen LogP contribution is 2.32. The fourth-order valence-electron chi connectivity index (χ4n) is 1.46. The molecular weight excluding hydrogens is 282 g/mol. The van der Waals surface area contributed by atoms with Gasteiger partial charge >= 0.3 is 6.01 Å². The molecule has 2 aromatic rings. The molecule has 0 aliphatic rings. The van der Waals surface area contributed by atoms with Crippen molar-refractivity contribution in [3.05, 3.63) is 40.1 Å². The topological polar surface area (TPSA) is 61.0 Å². The number of aryl methyl sites for hydroxylation is 2. The first-order valence-electron chi connectivity index (χ1n) is 5.09. The first-order valence-corrected chi connectivity index (χ1v) is 5.88. The van der Waals surface area contributed by atoms with E-state index in [9.17, 15) is 0 Å². The smallest absolute Gasteiger partial charge is 0.322 e. The average Bonchev–Trinajstić information content (AvgIpc) is 2.23. The van der Waals surface area contributed by atoms with Gasteiger partial charge in [-0.05, 0) is 37.6 Å². The Bertz CT molecular complexity index is 534. The van der Waals surface area contributed by atoms with E-state index in [1.165, 1.54) is 0 Å². The molecule has 0 bridgehead atoms. The summed E-state index contributed by atoms with van der Waals surface area (Å²) in [5.41, 5.74) is 8.24. The maximum absolute atomic E-state index is 5.90. The third-order valence-corrected chi connectivity index (χ3v) is 2.69. The van der Waals surface area contributed by atoms with E-state index < -0.39 is 0 Å². The molecule has 17 heavy (non-hydrogen) atoms. The number of aromatic nitrogens is 2. The summed E-state index contributed by atoms with van der Waals surface area (Å²) in [6.45, 7) is 3.80. The van der Waals surface area contributed by atoms with Crippen LogP contribution in [0.2, 0.25) is 0 Å². The Balaban J connectivity index is 2.36. The van der Waals surface area contributed by atoms with Crippen molar-refractivity contribution in [2.24, 2.45) is 0 Å². The van der Waals surface area contributed by atoms with Crippen LogP contribution in [0.25, 0.3) is 0 Å². The summed E-state index contributed by atoms with van der Waals surface area (Å²) >= 11 is 3.38. The Morgan fingerprint density at radius 2 is 2.06 bits per heavy atom. The van der Waals surface area contributed by atoms with Crippen LogP contribution in [0.1, 0.15) is 11.3 Å². The standard InChI is InChI=1S/C12H12BrN3O/c1-7-5-9(13)6-10(14)11(7)17-12-15-4-3-8(2)16-12/h3-6H,14H2,1-2H3. The van der Waals surface area contributed by atoms with Crippen LogP contribution in [0.5, 0.6) is 11.8 Å². The molecule has 0 spiro atoms. The van der Waals surface area contributed by atoms with Crippen molar-refractivity contribution in [2.45, 2.75) is 13.8 Å². The average molecular weight is 294 g/mol. The molecular formula is C12H12BrN3O. The van der Waals surface area contributed by atoms with Crippen molar-refractivity contribution in [2.75, 3.05) is 5.73 Å². The zero-order valence-corrected chi connectivity index (χ0v) is 11.2. The summed E-state index contributed by atoms with van der Waals surface area (Å²) in [5.74, 6) is 0.596. The molecule has 0 saturated heterocycles. The molecule has 1 aromatic carbocycles. The number of ether oxygens (including phenoxy) is 1. The van der Waals surface area contributed by atoms with E-state index in [4.69, 9.17) is 10.5 Å². The maximum Gasteiger partial charge on any atom is 0.322 e. The molecule has 0 saturated carbocycles. The second-order valence-corrected chi connectivity index (χ2v) is 4.64. The molecule has 0 aliphatic carbocycles. The SMILES string of the molecule is Cc1ccnc(Oc2c(C)cc(Br)cc2N)n1. The Morgan fingerprint density at radius 1 is 1.29 bits per heavy atom. The van der Waals surface area contributed by atoms with Crippen molar-refractivity contribution in [3.63, 3.8) is 0 Å². The molecule has 0 unspecified atom stereocenters. The van der Waals surface area contributed by atoms with Crippen LogP contribution in [0.15, 0.2) is 28.9 Å². The molecule has 0 atom stereocenters. The summed E-state index contributed by atoms with van der Waals surface area (Å²) in [6.07, 6.45) is 1.65. The summed E-state index contributed by atoms with van der Waals surface area (Å²) < 4.78 is 6.53. The van der Waals surface area contributed by atoms with Gasteiger partial charge in [0.05, 0.1) is 5.69 Å². The van der Waals surface area contributed by atoms with Gasteiger partial charge in [-0.2, -0.15) is 0 Å². The van der Waals surface area contributed by atoms with Gasteiger partial charge in [-0.3, -0.25) is 0 Å². The Labute approximate surface area is 108 Å². The lowest BCUT2D eigenvalue weighted by Gasteiger charge is -2.10. The molecule has 0 aliphatic heterocycles. The van der Waals surface area contributed by atoms with E-state index in [-0.39, 0.29) is 0 Å². The van der Waals surface area contributed by atoms with E-state index >= 15 is 0 Å². The fourth-order valence-corrected chi connectivity index (χ4v) is 2.05. The predicted molar refractivity (Wildman–Crippen MR) is 70.1 cm³/mol. The number of nitrogens with zero attached hydrogens (tertiary/aromatic N) is 2. The molecule has 4 nitrogen and oxygen atoms in total. The largest absolute Gasteiger partial charge is 0.422 e. The fraction of sp³-hybridized carbons (Fsp3) is 0.167. The number of benzene rings is 1. The van der Waals surface area contributed by atoms with E-state index in [1.54, 1.807) is 12.3 Å². The quantitative estimate of drug-likeness (QED) is 0.864. The number of halogens is 1. The van der Waals surface area contributed by atoms with Crippen molar-refractivity contribution in [1.82, 2.24) is 9.97 Å². The zero-order chi connectivity index (χ0) is 12.4. The van der Waals surface area contributed by atoms with Crippen LogP contribution in [-0.2, 0) is 0 Å². The number of nitrogens with two attached hydrogens (primary N) is 1. The third kappa shape index (κ3) is 2.74. The van der Waals surface area contributed by atoms with E-state index in [0.717, 1.165) is 15.7 Å². The normalized spacial score (nSPS) is 10.3. The molecule has 88 valence electrons. The van der Waals surface area contributed by atoms with Crippen LogP contribution in [0.4, 0.5) is 5.69 Å². The highest BCUT2D eigenvalue weighted by Gasteiger charge is 2.09. The number of hydrogen-bond acceptors (Lipinski definition) is 4. The molecule has 1 aromatic heterocycles. The molecule has 0 radical (unpaired) electrons. The number of rotatable bonds is 2. The number of hydrogen-bond donors (Lipinski definition) is 1. The minimum atomic E-state index is 0.308. The maximum atomic E-state index is 5.90. The lowest BCUT2D eigenvalue weighted by atomic mass is 10.2. The van der Waals surface area contributed by atoms with Crippen molar-refractivity contribution in [3.8, 4) is 11.8 Å². The van der Waals surface area contributed by atoms with Crippen LogP contribution < -0.4 is 10.5 Å². The van der Waals surface area contributed by atoms with E-state index in [0.29, 0.717) is 17.4 Å². The first-order chi connectivity index (χ1) is 8.06. The minimum absolute atomic E-state index is 0.308. The van der Waals surface area contributed by atoms with Crippen LogP contribution in [-0.4, -0.2) is 9.97 Å². The van der Waals surface area contributed by atoms with Crippen LogP contribution >= 0.6 is 15.9 Å². The molecule has 2 rings (SSSR count). The van der Waals surface area contributed by atoms with Gasteiger partial charge in [0, 0.05) is 16.4 Å². The van der Waals surface area contributed by atoms with Crippen LogP contribution in [0.3, 0.4) is 0 Å². The minimum Gasteiger partial charge on any atom is -0.422 e. The second-order valence-electron chi connectivity index (χ2n) is 3.72. The highest BCUT2D eigenvalue weighted by atomic mass is 79.9. The third-order valence-electron chi connectivity index (χ3n) is 2.23. The number of anilines is 1. The Kier molecular flexibility index (Phi) is 3.28. The summed E-state index contributed by atoms with van der Waals surface area (Å²) in [5, 5.41) is 0. The van der Waals surface area contributed by atoms with Crippen LogP contribution in [0, 0.1) is 13.8 Å². The van der Waals surface area contributed by atoms with Gasteiger partial charge in [0.25, 0.3) is 0 Å². The molecule has 5 heteroatoms. The van der Waals surface area contributed by atoms with Gasteiger partial charge < -0.3 is 10.5 Å². The van der Waals surface area contributed by atoms with Crippen molar-refractivity contribution < 1.29 is 4.74 Å². The van der Waals surface area contributed by atoms with Gasteiger partial charge in [-0.15, -0.1) is 0 Å². The van der Waals surface area contributed by atoms with Crippen molar-refractivity contribution >= 4 is 21.6 Å². The predicted octanol–water partition coefficient (Wildman–Crippen LogP) is 3.23. The van der Waals surface area contributed by atoms with E-state index in [1.807, 2.05) is 26.0 Å². The summed E-state index contributed by atoms with van der Waals surface area (Å²) in [6, 6.07) is 5.84. The zero-order valence-electron chi connectivity index (χ0n) is 9.57. The lowest BCUT2D eigenvalue weighted by Crippen LogP contribution is -1.98. The Morgan fingerprint density at radius 3 is 2.71 bits per heavy atom. The summed E-state index contributed by atoms with van der Waals surface area (Å²) in [7, 11) is 0. The molecule has 0 amide bonds. The monoisotopic (exact) mass is 293 g/mol. The summed E-state index contributed by atoms with van der Waals surface area (Å²) in [4.78, 5) is 8.21. The van der Waals surface area contributed by atoms with E-state index in [2.05, 4.69) is 25.9 Å². The van der Waals surface area contributed by atoms with Gasteiger partial charge in [0.2, 0.25) is 0 Å². The lowest BCUT2D eigenvalue weighted by molar-refractivity contribution is 0.439.